The summed E-state index contributed by atoms with van der Waals surface area (Å²) in [6, 6.07) is 17.0. The Morgan fingerprint density at radius 1 is 1.11 bits per heavy atom. The molecule has 0 bridgehead atoms. The van der Waals surface area contributed by atoms with Gasteiger partial charge in [-0.15, -0.1) is 0 Å². The van der Waals surface area contributed by atoms with Crippen LogP contribution in [-0.4, -0.2) is 64.0 Å². The molecule has 0 radical (unpaired) electrons. The van der Waals surface area contributed by atoms with E-state index in [-0.39, 0.29) is 24.9 Å². The molecule has 9 heteroatoms. The van der Waals surface area contributed by atoms with Gasteiger partial charge in [-0.3, -0.25) is 19.4 Å². The largest absolute Gasteiger partial charge is 0.387 e. The first-order chi connectivity index (χ1) is 16.9. The second-order valence-corrected chi connectivity index (χ2v) is 8.71. The van der Waals surface area contributed by atoms with E-state index in [9.17, 15) is 19.5 Å². The Kier molecular flexibility index (Phi) is 7.69. The summed E-state index contributed by atoms with van der Waals surface area (Å²) in [5, 5.41) is 15.8. The molecule has 0 unspecified atom stereocenters. The van der Waals surface area contributed by atoms with E-state index < -0.39 is 30.5 Å². The molecule has 35 heavy (non-hydrogen) atoms. The lowest BCUT2D eigenvalue weighted by molar-refractivity contribution is -0.141. The van der Waals surface area contributed by atoms with Crippen molar-refractivity contribution in [3.63, 3.8) is 0 Å². The summed E-state index contributed by atoms with van der Waals surface area (Å²) in [4.78, 5) is 44.2. The van der Waals surface area contributed by atoms with Crippen LogP contribution in [0.5, 0.6) is 0 Å². The zero-order chi connectivity index (χ0) is 24.8. The average molecular weight is 476 g/mol. The summed E-state index contributed by atoms with van der Waals surface area (Å²) >= 11 is 0. The number of amides is 3. The number of para-hydroxylation sites is 1. The molecular weight excluding hydrogens is 446 g/mol. The molecule has 1 aliphatic heterocycles. The van der Waals surface area contributed by atoms with Crippen LogP contribution in [0, 0.1) is 0 Å². The van der Waals surface area contributed by atoms with Crippen LogP contribution in [0.4, 0.5) is 5.69 Å². The lowest BCUT2D eigenvalue weighted by Gasteiger charge is -2.26. The Labute approximate surface area is 203 Å². The van der Waals surface area contributed by atoms with Gasteiger partial charge in [0.15, 0.2) is 0 Å². The number of aromatic nitrogens is 1. The highest BCUT2D eigenvalue weighted by atomic mass is 16.3. The number of carbonyl (C=O) groups excluding carboxylic acids is 3. The van der Waals surface area contributed by atoms with Crippen molar-refractivity contribution in [2.24, 2.45) is 5.73 Å². The monoisotopic (exact) mass is 475 g/mol. The molecular formula is C26H29N5O4. The molecule has 1 saturated heterocycles. The van der Waals surface area contributed by atoms with Crippen LogP contribution in [0.15, 0.2) is 66.9 Å². The number of rotatable bonds is 8. The standard InChI is InChI=1S/C26H29N5O4/c27-19-13-23(31(15-19)24(33)16-32)26(35)30-22(11-10-17-6-2-1-3-7-17)25(34)29-20-12-18-8-4-5-9-21(18)28-14-20/h1-9,12,14,19,22-23,32H,10-11,13,15-16,27H2,(H,29,34)(H,30,35)/t19-,22+,23+/m0/s1. The number of nitrogens with one attached hydrogen (secondary N) is 2. The number of likely N-dealkylation sites (tertiary alicyclic amines) is 1. The number of aryl methyl sites for hydroxylation is 1. The predicted octanol–water partition coefficient (Wildman–Crippen LogP) is 1.21. The summed E-state index contributed by atoms with van der Waals surface area (Å²) < 4.78 is 0. The number of aliphatic hydroxyl groups excluding tert-OH is 1. The van der Waals surface area contributed by atoms with Gasteiger partial charge in [0.25, 0.3) is 0 Å². The van der Waals surface area contributed by atoms with Gasteiger partial charge in [0.05, 0.1) is 17.4 Å². The zero-order valence-corrected chi connectivity index (χ0v) is 19.3. The Balaban J connectivity index is 1.50. The first-order valence-electron chi connectivity index (χ1n) is 11.6. The number of benzene rings is 2. The fourth-order valence-corrected chi connectivity index (χ4v) is 4.34. The molecule has 9 nitrogen and oxygen atoms in total. The van der Waals surface area contributed by atoms with Gasteiger partial charge in [-0.05, 0) is 37.0 Å². The number of nitrogens with two attached hydrogens (primary N) is 1. The summed E-state index contributed by atoms with van der Waals surface area (Å²) in [7, 11) is 0. The van der Waals surface area contributed by atoms with E-state index in [0.717, 1.165) is 16.5 Å². The Hall–Kier alpha value is -3.82. The number of hydrogen-bond donors (Lipinski definition) is 4. The quantitative estimate of drug-likeness (QED) is 0.386. The summed E-state index contributed by atoms with van der Waals surface area (Å²) in [6.45, 7) is -0.523. The lowest BCUT2D eigenvalue weighted by Crippen LogP contribution is -2.52. The molecule has 1 fully saturated rings. The van der Waals surface area contributed by atoms with Crippen LogP contribution in [0.3, 0.4) is 0 Å². The van der Waals surface area contributed by atoms with E-state index in [1.165, 1.54) is 4.90 Å². The Bertz CT molecular complexity index is 1200. The van der Waals surface area contributed by atoms with E-state index in [4.69, 9.17) is 5.73 Å². The maximum absolute atomic E-state index is 13.3. The number of anilines is 1. The molecule has 0 aliphatic carbocycles. The minimum atomic E-state index is -0.850. The second-order valence-electron chi connectivity index (χ2n) is 8.71. The van der Waals surface area contributed by atoms with Crippen LogP contribution < -0.4 is 16.4 Å². The molecule has 1 aromatic heterocycles. The number of nitrogens with zero attached hydrogens (tertiary/aromatic N) is 2. The maximum atomic E-state index is 13.3. The molecule has 5 N–H and O–H groups in total. The first-order valence-corrected chi connectivity index (χ1v) is 11.6. The van der Waals surface area contributed by atoms with Crippen LogP contribution >= 0.6 is 0 Å². The minimum Gasteiger partial charge on any atom is -0.387 e. The fourth-order valence-electron chi connectivity index (χ4n) is 4.34. The highest BCUT2D eigenvalue weighted by Gasteiger charge is 2.39. The topological polar surface area (TPSA) is 138 Å². The van der Waals surface area contributed by atoms with Crippen LogP contribution in [0.2, 0.25) is 0 Å². The number of carbonyl (C=O) groups is 3. The van der Waals surface area contributed by atoms with Crippen molar-refractivity contribution in [3.05, 3.63) is 72.4 Å². The second kappa shape index (κ2) is 11.1. The number of pyridine rings is 1. The van der Waals surface area contributed by atoms with Gasteiger partial charge in [-0.25, -0.2) is 0 Å². The van der Waals surface area contributed by atoms with Gasteiger partial charge in [-0.2, -0.15) is 0 Å². The van der Waals surface area contributed by atoms with E-state index in [1.54, 1.807) is 6.20 Å². The molecule has 3 aromatic rings. The third kappa shape index (κ3) is 6.00. The molecule has 1 aliphatic rings. The molecule has 3 amide bonds. The Morgan fingerprint density at radius 2 is 1.86 bits per heavy atom. The van der Waals surface area contributed by atoms with E-state index in [2.05, 4.69) is 15.6 Å². The zero-order valence-electron chi connectivity index (χ0n) is 19.3. The van der Waals surface area contributed by atoms with E-state index >= 15 is 0 Å². The smallest absolute Gasteiger partial charge is 0.249 e. The minimum absolute atomic E-state index is 0.182. The third-order valence-electron chi connectivity index (χ3n) is 6.15. The number of aliphatic hydroxyl groups is 1. The summed E-state index contributed by atoms with van der Waals surface area (Å²) in [5.41, 5.74) is 8.34. The highest BCUT2D eigenvalue weighted by molar-refractivity contribution is 5.99. The molecule has 4 rings (SSSR count). The van der Waals surface area contributed by atoms with Crippen molar-refractivity contribution in [1.29, 1.82) is 0 Å². The van der Waals surface area contributed by atoms with Crippen molar-refractivity contribution in [1.82, 2.24) is 15.2 Å². The van der Waals surface area contributed by atoms with Crippen LogP contribution in [-0.2, 0) is 20.8 Å². The molecule has 2 aromatic carbocycles. The molecule has 3 atom stereocenters. The number of hydrogen-bond acceptors (Lipinski definition) is 6. The maximum Gasteiger partial charge on any atom is 0.249 e. The molecule has 0 saturated carbocycles. The first kappa shape index (κ1) is 24.3. The third-order valence-corrected chi connectivity index (χ3v) is 6.15. The van der Waals surface area contributed by atoms with Crippen LogP contribution in [0.1, 0.15) is 18.4 Å². The van der Waals surface area contributed by atoms with Gasteiger partial charge in [0, 0.05) is 18.0 Å². The van der Waals surface area contributed by atoms with Crippen molar-refractivity contribution in [2.75, 3.05) is 18.5 Å². The summed E-state index contributed by atoms with van der Waals surface area (Å²) in [6.07, 6.45) is 2.76. The Morgan fingerprint density at radius 3 is 2.63 bits per heavy atom. The normalized spacial score (nSPS) is 18.3. The predicted molar refractivity (Wildman–Crippen MR) is 132 cm³/mol. The van der Waals surface area contributed by atoms with E-state index in [0.29, 0.717) is 18.5 Å². The SMILES string of the molecule is N[C@H]1C[C@H](C(=O)N[C@H](CCc2ccccc2)C(=O)Nc2cnc3ccccc3c2)N(C(=O)CO)C1. The van der Waals surface area contributed by atoms with Crippen molar-refractivity contribution in [3.8, 4) is 0 Å². The van der Waals surface area contributed by atoms with E-state index in [1.807, 2.05) is 60.7 Å². The van der Waals surface area contributed by atoms with Gasteiger partial charge in [0.1, 0.15) is 18.7 Å². The summed E-state index contributed by atoms with van der Waals surface area (Å²) in [5.74, 6) is -1.41. The average Bonchev–Trinajstić information content (AvgIpc) is 3.28. The molecule has 0 spiro atoms. The van der Waals surface area contributed by atoms with Gasteiger partial charge in [-0.1, -0.05) is 48.5 Å². The van der Waals surface area contributed by atoms with Crippen LogP contribution in [0.25, 0.3) is 10.9 Å². The van der Waals surface area contributed by atoms with Gasteiger partial charge < -0.3 is 26.4 Å². The molecule has 182 valence electrons. The number of fused-ring (bicyclic) bond motifs is 1. The van der Waals surface area contributed by atoms with Gasteiger partial charge >= 0.3 is 0 Å². The van der Waals surface area contributed by atoms with Crippen molar-refractivity contribution < 1.29 is 19.5 Å². The molecule has 2 heterocycles. The van der Waals surface area contributed by atoms with Gasteiger partial charge in [0.2, 0.25) is 17.7 Å². The van der Waals surface area contributed by atoms with Crippen molar-refractivity contribution >= 4 is 34.3 Å². The fraction of sp³-hybridized carbons (Fsp3) is 0.308. The lowest BCUT2D eigenvalue weighted by atomic mass is 10.0. The highest BCUT2D eigenvalue weighted by Crippen LogP contribution is 2.19. The van der Waals surface area contributed by atoms with Crippen molar-refractivity contribution in [2.45, 2.75) is 37.4 Å².